The van der Waals surface area contributed by atoms with Crippen LogP contribution in [0.5, 0.6) is 0 Å². The van der Waals surface area contributed by atoms with Crippen molar-refractivity contribution in [2.24, 2.45) is 0 Å². The average molecular weight is 796 g/mol. The molecule has 0 aliphatic rings. The maximum absolute atomic E-state index is 6.78. The first-order valence-electron chi connectivity index (χ1n) is 20.7. The Balaban J connectivity index is 1.01. The van der Waals surface area contributed by atoms with Crippen molar-refractivity contribution < 1.29 is 4.42 Å². The smallest absolute Gasteiger partial charge is 0.145 e. The normalized spacial score (nSPS) is 11.6. The highest BCUT2D eigenvalue weighted by atomic mass is 32.1. The van der Waals surface area contributed by atoms with Gasteiger partial charge in [-0.3, -0.25) is 0 Å². The fraction of sp³-hybridized carbons (Fsp3) is 0. The number of hydrogen-bond donors (Lipinski definition) is 0. The molecule has 3 heteroatoms. The van der Waals surface area contributed by atoms with Crippen molar-refractivity contribution in [1.29, 1.82) is 0 Å². The van der Waals surface area contributed by atoms with Crippen molar-refractivity contribution in [2.45, 2.75) is 0 Å². The molecule has 12 rings (SSSR count). The highest BCUT2D eigenvalue weighted by Gasteiger charge is 2.23. The summed E-state index contributed by atoms with van der Waals surface area (Å²) in [4.78, 5) is 2.41. The summed E-state index contributed by atoms with van der Waals surface area (Å²) in [6.07, 6.45) is 0. The molecule has 0 radical (unpaired) electrons. The fourth-order valence-corrected chi connectivity index (χ4v) is 10.2. The van der Waals surface area contributed by atoms with Gasteiger partial charge in [-0.05, 0) is 104 Å². The van der Waals surface area contributed by atoms with Gasteiger partial charge in [-0.15, -0.1) is 11.3 Å². The summed E-state index contributed by atoms with van der Waals surface area (Å²) < 4.78 is 9.33. The van der Waals surface area contributed by atoms with Crippen LogP contribution in [0.2, 0.25) is 0 Å². The Kier molecular flexibility index (Phi) is 8.39. The van der Waals surface area contributed by atoms with Gasteiger partial charge in [-0.1, -0.05) is 170 Å². The summed E-state index contributed by atoms with van der Waals surface area (Å²) in [5.74, 6) is 0. The first kappa shape index (κ1) is 35.2. The number of rotatable bonds is 7. The Morgan fingerprint density at radius 2 is 0.951 bits per heavy atom. The van der Waals surface area contributed by atoms with E-state index >= 15 is 0 Å². The highest BCUT2D eigenvalue weighted by molar-refractivity contribution is 7.25. The Hall–Kier alpha value is -7.72. The number of furan rings is 1. The Labute approximate surface area is 357 Å². The van der Waals surface area contributed by atoms with Crippen molar-refractivity contribution in [3.8, 4) is 44.5 Å². The summed E-state index contributed by atoms with van der Waals surface area (Å²) in [5.41, 5.74) is 14.5. The zero-order valence-electron chi connectivity index (χ0n) is 33.1. The third-order valence-corrected chi connectivity index (χ3v) is 13.2. The van der Waals surface area contributed by atoms with Crippen LogP contribution in [-0.2, 0) is 0 Å². The summed E-state index contributed by atoms with van der Waals surface area (Å²) in [5, 5.41) is 7.22. The lowest BCUT2D eigenvalue weighted by atomic mass is 9.96. The van der Waals surface area contributed by atoms with E-state index in [9.17, 15) is 0 Å². The third-order valence-electron chi connectivity index (χ3n) is 12.1. The van der Waals surface area contributed by atoms with Crippen LogP contribution in [-0.4, -0.2) is 0 Å². The van der Waals surface area contributed by atoms with Crippen LogP contribution < -0.4 is 4.90 Å². The van der Waals surface area contributed by atoms with Gasteiger partial charge in [0.25, 0.3) is 0 Å². The van der Waals surface area contributed by atoms with Gasteiger partial charge in [0.05, 0.1) is 11.1 Å². The van der Waals surface area contributed by atoms with Gasteiger partial charge in [0.15, 0.2) is 0 Å². The van der Waals surface area contributed by atoms with Gasteiger partial charge >= 0.3 is 0 Å². The van der Waals surface area contributed by atoms with Gasteiger partial charge in [0, 0.05) is 42.5 Å². The minimum Gasteiger partial charge on any atom is -0.455 e. The predicted octanol–water partition coefficient (Wildman–Crippen LogP) is 17.2. The molecule has 10 aromatic carbocycles. The van der Waals surface area contributed by atoms with E-state index in [2.05, 4.69) is 229 Å². The highest BCUT2D eigenvalue weighted by Crippen LogP contribution is 2.48. The maximum Gasteiger partial charge on any atom is 0.145 e. The van der Waals surface area contributed by atoms with Crippen molar-refractivity contribution in [2.75, 3.05) is 4.90 Å². The van der Waals surface area contributed by atoms with E-state index in [1.807, 2.05) is 11.3 Å². The zero-order valence-corrected chi connectivity index (χ0v) is 33.9. The number of anilines is 3. The van der Waals surface area contributed by atoms with E-state index in [-0.39, 0.29) is 0 Å². The lowest BCUT2D eigenvalue weighted by Gasteiger charge is -2.27. The van der Waals surface area contributed by atoms with Crippen LogP contribution in [0.25, 0.3) is 97.4 Å². The number of nitrogens with zero attached hydrogens (tertiary/aromatic N) is 1. The Morgan fingerprint density at radius 3 is 1.75 bits per heavy atom. The summed E-state index contributed by atoms with van der Waals surface area (Å²) in [7, 11) is 0. The second-order valence-electron chi connectivity index (χ2n) is 15.6. The Morgan fingerprint density at radius 1 is 0.344 bits per heavy atom. The van der Waals surface area contributed by atoms with Crippen LogP contribution in [0.3, 0.4) is 0 Å². The van der Waals surface area contributed by atoms with Gasteiger partial charge in [-0.2, -0.15) is 0 Å². The zero-order chi connectivity index (χ0) is 40.3. The standard InChI is InChI=1S/C58H37NOS/c1-3-12-38(13-4-1)44-28-32-50-52-37-46(31-35-55(52)61-56(50)36-44)59(53-34-33-49(42-14-5-2-6-15-42)58-57(53)51-19-9-10-21-54(51)60-58)45-29-26-40(27-30-45)39-22-24-43(25-23-39)48-20-11-17-41-16-7-8-18-47(41)48/h1-37H. The van der Waals surface area contributed by atoms with E-state index in [4.69, 9.17) is 4.42 Å². The molecule has 286 valence electrons. The van der Waals surface area contributed by atoms with E-state index in [0.717, 1.165) is 50.1 Å². The molecule has 0 amide bonds. The monoisotopic (exact) mass is 795 g/mol. The first-order valence-corrected chi connectivity index (χ1v) is 21.6. The van der Waals surface area contributed by atoms with Crippen molar-refractivity contribution in [3.63, 3.8) is 0 Å². The number of fused-ring (bicyclic) bond motifs is 7. The lowest BCUT2D eigenvalue weighted by Crippen LogP contribution is -2.10. The van der Waals surface area contributed by atoms with Crippen LogP contribution in [0.15, 0.2) is 229 Å². The number of hydrogen-bond acceptors (Lipinski definition) is 3. The maximum atomic E-state index is 6.78. The molecule has 12 aromatic rings. The fourth-order valence-electron chi connectivity index (χ4n) is 9.11. The molecule has 0 bridgehead atoms. The molecule has 0 unspecified atom stereocenters. The van der Waals surface area contributed by atoms with Gasteiger partial charge < -0.3 is 9.32 Å². The van der Waals surface area contributed by atoms with Crippen LogP contribution in [0.1, 0.15) is 0 Å². The molecule has 0 N–H and O–H groups in total. The van der Waals surface area contributed by atoms with E-state index < -0.39 is 0 Å². The topological polar surface area (TPSA) is 16.4 Å². The van der Waals surface area contributed by atoms with Gasteiger partial charge in [0.2, 0.25) is 0 Å². The molecule has 0 saturated heterocycles. The summed E-state index contributed by atoms with van der Waals surface area (Å²) >= 11 is 1.85. The molecule has 0 saturated carbocycles. The lowest BCUT2D eigenvalue weighted by molar-refractivity contribution is 0.670. The van der Waals surface area contributed by atoms with Gasteiger partial charge in [-0.25, -0.2) is 0 Å². The molecule has 2 nitrogen and oxygen atoms in total. The number of thiophene rings is 1. The molecule has 2 aromatic heterocycles. The molecule has 2 heterocycles. The van der Waals surface area contributed by atoms with Crippen LogP contribution in [0, 0.1) is 0 Å². The molecule has 61 heavy (non-hydrogen) atoms. The minimum absolute atomic E-state index is 0.873. The molecule has 0 fully saturated rings. The van der Waals surface area contributed by atoms with Gasteiger partial charge in [0.1, 0.15) is 11.2 Å². The predicted molar refractivity (Wildman–Crippen MR) is 261 cm³/mol. The largest absolute Gasteiger partial charge is 0.455 e. The first-order chi connectivity index (χ1) is 30.2. The summed E-state index contributed by atoms with van der Waals surface area (Å²) in [6.45, 7) is 0. The van der Waals surface area contributed by atoms with E-state index in [1.165, 1.54) is 64.3 Å². The average Bonchev–Trinajstić information content (AvgIpc) is 3.91. The number of benzene rings is 10. The van der Waals surface area contributed by atoms with Crippen molar-refractivity contribution in [1.82, 2.24) is 0 Å². The minimum atomic E-state index is 0.873. The third kappa shape index (κ3) is 6.09. The Bertz CT molecular complexity index is 3560. The SMILES string of the molecule is c1ccc(-c2ccc3c(c2)sc2ccc(N(c4ccc(-c5ccc(-c6cccc7ccccc67)cc5)cc4)c4ccc(-c5ccccc5)c5oc6ccccc6c45)cc23)cc1. The van der Waals surface area contributed by atoms with Crippen molar-refractivity contribution >= 4 is 81.3 Å². The quantitative estimate of drug-likeness (QED) is 0.160. The molecule has 0 aliphatic heterocycles. The molecule has 0 spiro atoms. The second kappa shape index (κ2) is 14.5. The van der Waals surface area contributed by atoms with Crippen molar-refractivity contribution in [3.05, 3.63) is 224 Å². The van der Waals surface area contributed by atoms with E-state index in [0.29, 0.717) is 0 Å². The molecule has 0 aliphatic carbocycles. The van der Waals surface area contributed by atoms with Crippen LogP contribution in [0.4, 0.5) is 17.1 Å². The number of para-hydroxylation sites is 1. The molecule has 0 atom stereocenters. The van der Waals surface area contributed by atoms with Crippen LogP contribution >= 0.6 is 11.3 Å². The summed E-state index contributed by atoms with van der Waals surface area (Å²) in [6, 6.07) is 81.1. The second-order valence-corrected chi connectivity index (χ2v) is 16.7. The molecular formula is C58H37NOS. The van der Waals surface area contributed by atoms with E-state index in [1.54, 1.807) is 0 Å². The molecular weight excluding hydrogens is 759 g/mol.